The number of carboxylic acids is 1. The molecule has 1 aliphatic heterocycles. The van der Waals surface area contributed by atoms with Gasteiger partial charge in [-0.1, -0.05) is 15.9 Å². The third-order valence-corrected chi connectivity index (χ3v) is 4.24. The number of rotatable bonds is 5. The highest BCUT2D eigenvalue weighted by Gasteiger charge is 2.23. The molecule has 20 heavy (non-hydrogen) atoms. The van der Waals surface area contributed by atoms with Crippen LogP contribution >= 0.6 is 15.9 Å². The molecule has 1 heterocycles. The topological polar surface area (TPSA) is 52.6 Å². The first-order chi connectivity index (χ1) is 9.45. The second-order valence-electron chi connectivity index (χ2n) is 5.66. The van der Waals surface area contributed by atoms with Gasteiger partial charge < -0.3 is 15.3 Å². The van der Waals surface area contributed by atoms with Crippen LogP contribution in [0.3, 0.4) is 0 Å². The standard InChI is InChI=1S/C15H21BrN2O2/c1-10(2)18-4-3-11(9-18)8-17-14-6-12(15(19)20)5-13(16)7-14/h5-7,10-11,17H,3-4,8-9H2,1-2H3,(H,19,20). The molecule has 1 saturated heterocycles. The molecule has 2 N–H and O–H groups in total. The first-order valence-corrected chi connectivity index (χ1v) is 7.77. The summed E-state index contributed by atoms with van der Waals surface area (Å²) in [5.41, 5.74) is 1.16. The van der Waals surface area contributed by atoms with Gasteiger partial charge in [-0.2, -0.15) is 0 Å². The zero-order chi connectivity index (χ0) is 14.7. The van der Waals surface area contributed by atoms with Gasteiger partial charge in [0.2, 0.25) is 0 Å². The van der Waals surface area contributed by atoms with Gasteiger partial charge >= 0.3 is 5.97 Å². The van der Waals surface area contributed by atoms with E-state index in [1.807, 2.05) is 6.07 Å². The highest BCUT2D eigenvalue weighted by molar-refractivity contribution is 9.10. The maximum absolute atomic E-state index is 11.0. The minimum atomic E-state index is -0.902. The van der Waals surface area contributed by atoms with E-state index in [2.05, 4.69) is 40.0 Å². The largest absolute Gasteiger partial charge is 0.478 e. The lowest BCUT2D eigenvalue weighted by Gasteiger charge is -2.20. The van der Waals surface area contributed by atoms with Gasteiger partial charge in [-0.05, 0) is 50.9 Å². The van der Waals surface area contributed by atoms with E-state index in [9.17, 15) is 4.79 Å². The smallest absolute Gasteiger partial charge is 0.335 e. The number of hydrogen-bond acceptors (Lipinski definition) is 3. The Morgan fingerprint density at radius 1 is 1.50 bits per heavy atom. The molecule has 1 unspecified atom stereocenters. The van der Waals surface area contributed by atoms with Crippen molar-refractivity contribution in [2.75, 3.05) is 25.0 Å². The van der Waals surface area contributed by atoms with Crippen LogP contribution in [0, 0.1) is 5.92 Å². The van der Waals surface area contributed by atoms with E-state index < -0.39 is 5.97 Å². The van der Waals surface area contributed by atoms with Gasteiger partial charge in [-0.25, -0.2) is 4.79 Å². The molecule has 1 aromatic carbocycles. The number of benzene rings is 1. The van der Waals surface area contributed by atoms with Crippen molar-refractivity contribution < 1.29 is 9.90 Å². The van der Waals surface area contributed by atoms with E-state index in [1.54, 1.807) is 12.1 Å². The van der Waals surface area contributed by atoms with Crippen LogP contribution in [0.2, 0.25) is 0 Å². The van der Waals surface area contributed by atoms with E-state index in [1.165, 1.54) is 6.42 Å². The zero-order valence-electron chi connectivity index (χ0n) is 11.9. The molecule has 0 saturated carbocycles. The summed E-state index contributed by atoms with van der Waals surface area (Å²) in [4.78, 5) is 13.5. The Bertz CT molecular complexity index is 491. The minimum Gasteiger partial charge on any atom is -0.478 e. The summed E-state index contributed by atoms with van der Waals surface area (Å²) in [5.74, 6) is -0.272. The lowest BCUT2D eigenvalue weighted by atomic mass is 10.1. The molecule has 110 valence electrons. The number of carboxylic acid groups (broad SMARTS) is 1. The monoisotopic (exact) mass is 340 g/mol. The molecule has 1 aliphatic rings. The van der Waals surface area contributed by atoms with Crippen LogP contribution in [0.25, 0.3) is 0 Å². The predicted molar refractivity (Wildman–Crippen MR) is 84.4 cm³/mol. The van der Waals surface area contributed by atoms with E-state index in [0.29, 0.717) is 17.5 Å². The Labute approximate surface area is 128 Å². The van der Waals surface area contributed by atoms with Crippen LogP contribution in [0.15, 0.2) is 22.7 Å². The van der Waals surface area contributed by atoms with Crippen LogP contribution in [0.5, 0.6) is 0 Å². The lowest BCUT2D eigenvalue weighted by molar-refractivity contribution is 0.0697. The molecule has 5 heteroatoms. The fraction of sp³-hybridized carbons (Fsp3) is 0.533. The SMILES string of the molecule is CC(C)N1CCC(CNc2cc(Br)cc(C(=O)O)c2)C1. The second kappa shape index (κ2) is 6.59. The van der Waals surface area contributed by atoms with Gasteiger partial charge in [0, 0.05) is 29.3 Å². The molecule has 1 fully saturated rings. The van der Waals surface area contributed by atoms with Crippen molar-refractivity contribution in [3.63, 3.8) is 0 Å². The van der Waals surface area contributed by atoms with Crippen molar-refractivity contribution in [2.45, 2.75) is 26.3 Å². The number of nitrogens with zero attached hydrogens (tertiary/aromatic N) is 1. The van der Waals surface area contributed by atoms with Gasteiger partial charge in [0.15, 0.2) is 0 Å². The maximum atomic E-state index is 11.0. The quantitative estimate of drug-likeness (QED) is 0.863. The van der Waals surface area contributed by atoms with E-state index in [4.69, 9.17) is 5.11 Å². The molecule has 1 atom stereocenters. The lowest BCUT2D eigenvalue weighted by Crippen LogP contribution is -2.29. The summed E-state index contributed by atoms with van der Waals surface area (Å²) in [6.45, 7) is 7.61. The summed E-state index contributed by atoms with van der Waals surface area (Å²) in [7, 11) is 0. The van der Waals surface area contributed by atoms with Crippen molar-refractivity contribution in [1.82, 2.24) is 4.90 Å². The minimum absolute atomic E-state index is 0.303. The van der Waals surface area contributed by atoms with E-state index in [0.717, 1.165) is 29.8 Å². The van der Waals surface area contributed by atoms with Gasteiger partial charge in [-0.15, -0.1) is 0 Å². The summed E-state index contributed by atoms with van der Waals surface area (Å²) >= 11 is 3.35. The molecular weight excluding hydrogens is 320 g/mol. The maximum Gasteiger partial charge on any atom is 0.335 e. The molecule has 4 nitrogen and oxygen atoms in total. The molecule has 0 radical (unpaired) electrons. The predicted octanol–water partition coefficient (Wildman–Crippen LogP) is 3.29. The molecule has 1 aromatic rings. The fourth-order valence-electron chi connectivity index (χ4n) is 2.58. The third-order valence-electron chi connectivity index (χ3n) is 3.79. The molecule has 2 rings (SSSR count). The number of likely N-dealkylation sites (tertiary alicyclic amines) is 1. The van der Waals surface area contributed by atoms with Crippen molar-refractivity contribution in [1.29, 1.82) is 0 Å². The number of halogens is 1. The van der Waals surface area contributed by atoms with Crippen LogP contribution in [-0.4, -0.2) is 41.7 Å². The first-order valence-electron chi connectivity index (χ1n) is 6.97. The average molecular weight is 341 g/mol. The fourth-order valence-corrected chi connectivity index (χ4v) is 3.07. The van der Waals surface area contributed by atoms with E-state index in [-0.39, 0.29) is 0 Å². The normalized spacial score (nSPS) is 19.5. The second-order valence-corrected chi connectivity index (χ2v) is 6.57. The van der Waals surface area contributed by atoms with Crippen LogP contribution in [0.1, 0.15) is 30.6 Å². The molecule has 0 bridgehead atoms. The Balaban J connectivity index is 1.93. The number of carbonyl (C=O) groups is 1. The highest BCUT2D eigenvalue weighted by atomic mass is 79.9. The highest BCUT2D eigenvalue weighted by Crippen LogP contribution is 2.22. The van der Waals surface area contributed by atoms with E-state index >= 15 is 0 Å². The third kappa shape index (κ3) is 3.96. The van der Waals surface area contributed by atoms with Gasteiger partial charge in [0.05, 0.1) is 5.56 Å². The summed E-state index contributed by atoms with van der Waals surface area (Å²) in [6.07, 6.45) is 1.20. The molecular formula is C15H21BrN2O2. The molecule has 0 amide bonds. The summed E-state index contributed by atoms with van der Waals surface area (Å²) < 4.78 is 0.787. The zero-order valence-corrected chi connectivity index (χ0v) is 13.5. The number of anilines is 1. The summed E-state index contributed by atoms with van der Waals surface area (Å²) in [6, 6.07) is 5.82. The number of nitrogens with one attached hydrogen (secondary N) is 1. The van der Waals surface area contributed by atoms with Crippen LogP contribution in [-0.2, 0) is 0 Å². The number of aromatic carboxylic acids is 1. The summed E-state index contributed by atoms with van der Waals surface area (Å²) in [5, 5.41) is 12.4. The Morgan fingerprint density at radius 3 is 2.85 bits per heavy atom. The molecule has 0 spiro atoms. The van der Waals surface area contributed by atoms with Crippen LogP contribution in [0.4, 0.5) is 5.69 Å². The van der Waals surface area contributed by atoms with Gasteiger partial charge in [0.1, 0.15) is 0 Å². The van der Waals surface area contributed by atoms with Crippen molar-refractivity contribution in [3.05, 3.63) is 28.2 Å². The van der Waals surface area contributed by atoms with Crippen molar-refractivity contribution in [2.24, 2.45) is 5.92 Å². The Kier molecular flexibility index (Phi) is 5.05. The molecule has 0 aromatic heterocycles. The van der Waals surface area contributed by atoms with Gasteiger partial charge in [0.25, 0.3) is 0 Å². The Morgan fingerprint density at radius 2 is 2.25 bits per heavy atom. The molecule has 0 aliphatic carbocycles. The van der Waals surface area contributed by atoms with Gasteiger partial charge in [-0.3, -0.25) is 0 Å². The number of hydrogen-bond donors (Lipinski definition) is 2. The first kappa shape index (κ1) is 15.3. The average Bonchev–Trinajstić information content (AvgIpc) is 2.84. The Hall–Kier alpha value is -1.07. The van der Waals surface area contributed by atoms with Crippen LogP contribution < -0.4 is 5.32 Å². The van der Waals surface area contributed by atoms with Crippen molar-refractivity contribution in [3.8, 4) is 0 Å². The van der Waals surface area contributed by atoms with Crippen molar-refractivity contribution >= 4 is 27.6 Å².